The monoisotopic (exact) mass is 467 g/mol. The highest BCUT2D eigenvalue weighted by molar-refractivity contribution is 6.30. The summed E-state index contributed by atoms with van der Waals surface area (Å²) >= 11 is 5.96. The summed E-state index contributed by atoms with van der Waals surface area (Å²) in [5, 5.41) is 16.1. The molecular formula is C27H34ClN3O2. The molecule has 2 heterocycles. The molecule has 1 aromatic heterocycles. The second-order valence-electron chi connectivity index (χ2n) is 9.09. The van der Waals surface area contributed by atoms with E-state index in [-0.39, 0.29) is 11.8 Å². The lowest BCUT2D eigenvalue weighted by Crippen LogP contribution is -2.41. The quantitative estimate of drug-likeness (QED) is 0.389. The van der Waals surface area contributed by atoms with Crippen molar-refractivity contribution in [2.75, 3.05) is 19.6 Å². The number of benzene rings is 2. The van der Waals surface area contributed by atoms with Gasteiger partial charge in [-0.3, -0.25) is 4.79 Å². The first-order valence-corrected chi connectivity index (χ1v) is 12.5. The maximum atomic E-state index is 12.7. The normalized spacial score (nSPS) is 16.8. The molecule has 1 unspecified atom stereocenters. The topological polar surface area (TPSA) is 57.5 Å². The van der Waals surface area contributed by atoms with Crippen molar-refractivity contribution >= 4 is 28.3 Å². The van der Waals surface area contributed by atoms with Gasteiger partial charge in [0.25, 0.3) is 5.91 Å². The largest absolute Gasteiger partial charge is 0.494 e. The van der Waals surface area contributed by atoms with Crippen molar-refractivity contribution in [3.63, 3.8) is 0 Å². The van der Waals surface area contributed by atoms with Crippen molar-refractivity contribution in [2.24, 2.45) is 0 Å². The van der Waals surface area contributed by atoms with Gasteiger partial charge in [0, 0.05) is 46.7 Å². The third-order valence-electron chi connectivity index (χ3n) is 6.67. The summed E-state index contributed by atoms with van der Waals surface area (Å²) in [6.45, 7) is 5.68. The highest BCUT2D eigenvalue weighted by Gasteiger charge is 2.21. The van der Waals surface area contributed by atoms with E-state index in [9.17, 15) is 9.90 Å². The van der Waals surface area contributed by atoms with Gasteiger partial charge in [0.15, 0.2) is 5.88 Å². The van der Waals surface area contributed by atoms with Crippen molar-refractivity contribution < 1.29 is 9.90 Å². The minimum atomic E-state index is -0.0921. The summed E-state index contributed by atoms with van der Waals surface area (Å²) < 4.78 is 1.79. The van der Waals surface area contributed by atoms with Gasteiger partial charge in [-0.2, -0.15) is 0 Å². The molecule has 1 aliphatic heterocycles. The fraction of sp³-hybridized carbons (Fsp3) is 0.444. The SMILES string of the molecule is CCCC1CCCCN1CCCNC(=O)c1ccc2cn(Cc3ccc(Cl)cc3)c(O)c2c1. The Morgan fingerprint density at radius 2 is 2.00 bits per heavy atom. The van der Waals surface area contributed by atoms with Gasteiger partial charge in [-0.25, -0.2) is 0 Å². The van der Waals surface area contributed by atoms with Gasteiger partial charge in [-0.1, -0.05) is 49.6 Å². The van der Waals surface area contributed by atoms with Crippen LogP contribution in [-0.4, -0.2) is 46.2 Å². The van der Waals surface area contributed by atoms with Gasteiger partial charge in [-0.15, -0.1) is 0 Å². The lowest BCUT2D eigenvalue weighted by Gasteiger charge is -2.35. The van der Waals surface area contributed by atoms with Crippen LogP contribution in [0.3, 0.4) is 0 Å². The Hall–Kier alpha value is -2.50. The number of aromatic hydroxyl groups is 1. The number of aromatic nitrogens is 1. The number of fused-ring (bicyclic) bond motifs is 1. The van der Waals surface area contributed by atoms with Crippen molar-refractivity contribution in [3.8, 4) is 5.88 Å². The molecule has 6 heteroatoms. The van der Waals surface area contributed by atoms with Crippen LogP contribution in [0.4, 0.5) is 0 Å². The number of nitrogens with one attached hydrogen (secondary N) is 1. The molecule has 1 fully saturated rings. The van der Waals surface area contributed by atoms with E-state index in [0.29, 0.717) is 35.1 Å². The maximum absolute atomic E-state index is 12.7. The lowest BCUT2D eigenvalue weighted by molar-refractivity contribution is 0.0947. The van der Waals surface area contributed by atoms with Crippen molar-refractivity contribution in [3.05, 3.63) is 64.8 Å². The summed E-state index contributed by atoms with van der Waals surface area (Å²) in [6, 6.07) is 13.8. The summed E-state index contributed by atoms with van der Waals surface area (Å²) in [5.41, 5.74) is 1.62. The van der Waals surface area contributed by atoms with E-state index >= 15 is 0 Å². The molecule has 0 radical (unpaired) electrons. The van der Waals surface area contributed by atoms with E-state index in [1.165, 1.54) is 38.6 Å². The lowest BCUT2D eigenvalue weighted by atomic mass is 9.98. The maximum Gasteiger partial charge on any atom is 0.251 e. The van der Waals surface area contributed by atoms with Crippen LogP contribution in [0.5, 0.6) is 5.88 Å². The first-order chi connectivity index (χ1) is 16.0. The minimum absolute atomic E-state index is 0.0921. The summed E-state index contributed by atoms with van der Waals surface area (Å²) in [5.74, 6) is 0.0761. The predicted octanol–water partition coefficient (Wildman–Crippen LogP) is 5.82. The summed E-state index contributed by atoms with van der Waals surface area (Å²) in [4.78, 5) is 15.3. The molecule has 0 spiro atoms. The van der Waals surface area contributed by atoms with Crippen LogP contribution in [-0.2, 0) is 6.54 Å². The van der Waals surface area contributed by atoms with Crippen LogP contribution in [0.1, 0.15) is 61.4 Å². The summed E-state index contributed by atoms with van der Waals surface area (Å²) in [6.07, 6.45) is 9.30. The van der Waals surface area contributed by atoms with Gasteiger partial charge in [0.2, 0.25) is 0 Å². The van der Waals surface area contributed by atoms with Gasteiger partial charge < -0.3 is 19.9 Å². The third-order valence-corrected chi connectivity index (χ3v) is 6.92. The number of likely N-dealkylation sites (tertiary alicyclic amines) is 1. The Labute approximate surface area is 201 Å². The van der Waals surface area contributed by atoms with Crippen LogP contribution in [0.2, 0.25) is 5.02 Å². The molecule has 1 amide bonds. The Balaban J connectivity index is 1.34. The van der Waals surface area contributed by atoms with E-state index in [1.807, 2.05) is 42.6 Å². The molecule has 0 saturated carbocycles. The molecule has 1 saturated heterocycles. The fourth-order valence-corrected chi connectivity index (χ4v) is 5.02. The smallest absolute Gasteiger partial charge is 0.251 e. The first kappa shape index (κ1) is 23.7. The van der Waals surface area contributed by atoms with Crippen LogP contribution in [0.15, 0.2) is 48.7 Å². The predicted molar refractivity (Wildman–Crippen MR) is 135 cm³/mol. The molecular weight excluding hydrogens is 434 g/mol. The van der Waals surface area contributed by atoms with Crippen molar-refractivity contribution in [1.82, 2.24) is 14.8 Å². The number of hydrogen-bond donors (Lipinski definition) is 2. The van der Waals surface area contributed by atoms with Gasteiger partial charge >= 0.3 is 0 Å². The molecule has 33 heavy (non-hydrogen) atoms. The summed E-state index contributed by atoms with van der Waals surface area (Å²) in [7, 11) is 0. The zero-order chi connectivity index (χ0) is 23.2. The highest BCUT2D eigenvalue weighted by atomic mass is 35.5. The Morgan fingerprint density at radius 1 is 1.18 bits per heavy atom. The molecule has 2 aromatic carbocycles. The van der Waals surface area contributed by atoms with Crippen LogP contribution in [0, 0.1) is 0 Å². The van der Waals surface area contributed by atoms with Gasteiger partial charge in [-0.05, 0) is 62.1 Å². The first-order valence-electron chi connectivity index (χ1n) is 12.1. The molecule has 5 nitrogen and oxygen atoms in total. The molecule has 2 N–H and O–H groups in total. The molecule has 1 atom stereocenters. The van der Waals surface area contributed by atoms with Crippen molar-refractivity contribution in [2.45, 2.75) is 58.0 Å². The zero-order valence-corrected chi connectivity index (χ0v) is 20.2. The average Bonchev–Trinajstić information content (AvgIpc) is 3.13. The van der Waals surface area contributed by atoms with E-state index in [2.05, 4.69) is 17.1 Å². The Kier molecular flexibility index (Phi) is 7.94. The van der Waals surface area contributed by atoms with Crippen molar-refractivity contribution in [1.29, 1.82) is 0 Å². The van der Waals surface area contributed by atoms with Crippen LogP contribution in [0.25, 0.3) is 10.8 Å². The second-order valence-corrected chi connectivity index (χ2v) is 9.53. The number of rotatable bonds is 9. The average molecular weight is 468 g/mol. The van der Waals surface area contributed by atoms with Crippen LogP contribution < -0.4 is 5.32 Å². The molecule has 1 aliphatic rings. The standard InChI is InChI=1S/C27H34ClN3O2/c1-2-6-24-7-3-4-15-30(24)16-5-14-29-26(32)21-10-11-22-19-31(27(33)25(22)17-21)18-20-8-12-23(28)13-9-20/h8-13,17,19,24,33H,2-7,14-16,18H2,1H3,(H,29,32). The number of hydrogen-bond acceptors (Lipinski definition) is 3. The number of carbonyl (C=O) groups excluding carboxylic acids is 1. The van der Waals surface area contributed by atoms with E-state index in [4.69, 9.17) is 11.6 Å². The molecule has 0 aliphatic carbocycles. The van der Waals surface area contributed by atoms with E-state index in [0.717, 1.165) is 23.9 Å². The second kappa shape index (κ2) is 11.1. The fourth-order valence-electron chi connectivity index (χ4n) is 4.90. The van der Waals surface area contributed by atoms with Gasteiger partial charge in [0.1, 0.15) is 0 Å². The number of piperidine rings is 1. The van der Waals surface area contributed by atoms with Gasteiger partial charge in [0.05, 0.1) is 6.54 Å². The number of halogens is 1. The number of nitrogens with zero attached hydrogens (tertiary/aromatic N) is 2. The third kappa shape index (κ3) is 5.90. The zero-order valence-electron chi connectivity index (χ0n) is 19.4. The minimum Gasteiger partial charge on any atom is -0.494 e. The molecule has 3 aromatic rings. The van der Waals surface area contributed by atoms with E-state index in [1.54, 1.807) is 10.6 Å². The van der Waals surface area contributed by atoms with E-state index < -0.39 is 0 Å². The Bertz CT molecular complexity index is 1070. The molecule has 0 bridgehead atoms. The number of amides is 1. The van der Waals surface area contributed by atoms with Crippen LogP contribution >= 0.6 is 11.6 Å². The Morgan fingerprint density at radius 3 is 2.79 bits per heavy atom. The highest BCUT2D eigenvalue weighted by Crippen LogP contribution is 2.29. The number of carbonyl (C=O) groups is 1. The molecule has 4 rings (SSSR count). The molecule has 176 valence electrons.